The van der Waals surface area contributed by atoms with E-state index in [1.54, 1.807) is 0 Å². The molecule has 0 aromatic carbocycles. The molecule has 3 nitrogen and oxygen atoms in total. The van der Waals surface area contributed by atoms with Crippen molar-refractivity contribution in [1.29, 1.82) is 0 Å². The summed E-state index contributed by atoms with van der Waals surface area (Å²) in [6.07, 6.45) is 6.61. The van der Waals surface area contributed by atoms with E-state index in [1.807, 2.05) is 6.92 Å². The van der Waals surface area contributed by atoms with Crippen LogP contribution in [0.5, 0.6) is 0 Å². The smallest absolute Gasteiger partial charge is 0.326 e. The van der Waals surface area contributed by atoms with Gasteiger partial charge in [0.2, 0.25) is 0 Å². The van der Waals surface area contributed by atoms with Crippen LogP contribution in [0.15, 0.2) is 0 Å². The van der Waals surface area contributed by atoms with Gasteiger partial charge < -0.3 is 10.1 Å². The molecule has 0 amide bonds. The highest BCUT2D eigenvalue weighted by Crippen LogP contribution is 2.32. The molecule has 2 atom stereocenters. The van der Waals surface area contributed by atoms with Gasteiger partial charge in [-0.15, -0.1) is 0 Å². The molecule has 100 valence electrons. The lowest BCUT2D eigenvalue weighted by Crippen LogP contribution is -2.52. The van der Waals surface area contributed by atoms with Crippen LogP contribution < -0.4 is 5.32 Å². The highest BCUT2D eigenvalue weighted by molar-refractivity contribution is 5.80. The molecule has 0 aromatic rings. The van der Waals surface area contributed by atoms with E-state index in [0.717, 1.165) is 38.1 Å². The lowest BCUT2D eigenvalue weighted by Gasteiger charge is -2.31. The first-order chi connectivity index (χ1) is 8.18. The van der Waals surface area contributed by atoms with E-state index in [2.05, 4.69) is 19.2 Å². The van der Waals surface area contributed by atoms with Crippen molar-refractivity contribution >= 4 is 5.97 Å². The van der Waals surface area contributed by atoms with Crippen molar-refractivity contribution in [3.63, 3.8) is 0 Å². The largest absolute Gasteiger partial charge is 0.465 e. The number of nitrogens with one attached hydrogen (secondary N) is 1. The number of carbonyl (C=O) groups is 1. The molecule has 17 heavy (non-hydrogen) atoms. The van der Waals surface area contributed by atoms with Gasteiger partial charge in [0, 0.05) is 0 Å². The Morgan fingerprint density at radius 1 is 1.29 bits per heavy atom. The lowest BCUT2D eigenvalue weighted by molar-refractivity contribution is -0.152. The van der Waals surface area contributed by atoms with E-state index in [-0.39, 0.29) is 5.97 Å². The van der Waals surface area contributed by atoms with Crippen LogP contribution in [0.2, 0.25) is 0 Å². The summed E-state index contributed by atoms with van der Waals surface area (Å²) in [6, 6.07) is 0. The zero-order valence-electron chi connectivity index (χ0n) is 11.6. The minimum Gasteiger partial charge on any atom is -0.465 e. The number of ether oxygens (including phenoxy) is 1. The normalized spacial score (nSPS) is 29.7. The molecule has 3 heteroatoms. The molecule has 1 N–H and O–H groups in total. The molecular formula is C14H27NO2. The average molecular weight is 241 g/mol. The average Bonchev–Trinajstić information content (AvgIpc) is 2.53. The van der Waals surface area contributed by atoms with Gasteiger partial charge in [-0.1, -0.05) is 33.1 Å². The number of hydrogen-bond acceptors (Lipinski definition) is 3. The maximum absolute atomic E-state index is 12.2. The SMILES string of the molecule is CCNC1(C(=O)OCC)CCCC(CC)CC1. The van der Waals surface area contributed by atoms with Gasteiger partial charge in [-0.25, -0.2) is 0 Å². The van der Waals surface area contributed by atoms with E-state index in [4.69, 9.17) is 4.74 Å². The number of likely N-dealkylation sites (N-methyl/N-ethyl adjacent to an activating group) is 1. The van der Waals surface area contributed by atoms with E-state index in [0.29, 0.717) is 6.61 Å². The summed E-state index contributed by atoms with van der Waals surface area (Å²) in [5.41, 5.74) is -0.408. The van der Waals surface area contributed by atoms with Gasteiger partial charge >= 0.3 is 5.97 Å². The van der Waals surface area contributed by atoms with Gasteiger partial charge in [0.1, 0.15) is 5.54 Å². The summed E-state index contributed by atoms with van der Waals surface area (Å²) in [6.45, 7) is 7.49. The molecular weight excluding hydrogens is 214 g/mol. The van der Waals surface area contributed by atoms with Crippen molar-refractivity contribution in [1.82, 2.24) is 5.32 Å². The summed E-state index contributed by atoms with van der Waals surface area (Å²) in [5.74, 6) is 0.739. The molecule has 0 bridgehead atoms. The summed E-state index contributed by atoms with van der Waals surface area (Å²) in [7, 11) is 0. The Kier molecular flexibility index (Phi) is 5.96. The van der Waals surface area contributed by atoms with Crippen LogP contribution in [0.3, 0.4) is 0 Å². The Hall–Kier alpha value is -0.570. The third-order valence-electron chi connectivity index (χ3n) is 3.95. The van der Waals surface area contributed by atoms with Crippen LogP contribution >= 0.6 is 0 Å². The zero-order valence-corrected chi connectivity index (χ0v) is 11.6. The highest BCUT2D eigenvalue weighted by atomic mass is 16.5. The number of hydrogen-bond donors (Lipinski definition) is 1. The topological polar surface area (TPSA) is 38.3 Å². The second-order valence-corrected chi connectivity index (χ2v) is 5.04. The first kappa shape index (κ1) is 14.5. The highest BCUT2D eigenvalue weighted by Gasteiger charge is 2.40. The summed E-state index contributed by atoms with van der Waals surface area (Å²) >= 11 is 0. The summed E-state index contributed by atoms with van der Waals surface area (Å²) in [4.78, 5) is 12.2. The fourth-order valence-electron chi connectivity index (χ4n) is 2.88. The van der Waals surface area contributed by atoms with E-state index >= 15 is 0 Å². The first-order valence-corrected chi connectivity index (χ1v) is 7.10. The van der Waals surface area contributed by atoms with Crippen LogP contribution in [0, 0.1) is 5.92 Å². The summed E-state index contributed by atoms with van der Waals surface area (Å²) in [5, 5.41) is 3.39. The van der Waals surface area contributed by atoms with Crippen molar-refractivity contribution in [3.8, 4) is 0 Å². The Morgan fingerprint density at radius 3 is 2.65 bits per heavy atom. The molecule has 1 rings (SSSR count). The van der Waals surface area contributed by atoms with Crippen LogP contribution in [0.25, 0.3) is 0 Å². The zero-order chi connectivity index (χ0) is 12.7. The van der Waals surface area contributed by atoms with Gasteiger partial charge in [0.05, 0.1) is 6.61 Å². The van der Waals surface area contributed by atoms with Crippen LogP contribution in [0.1, 0.15) is 59.3 Å². The van der Waals surface area contributed by atoms with Crippen LogP contribution in [0.4, 0.5) is 0 Å². The Bertz CT molecular complexity index is 242. The van der Waals surface area contributed by atoms with E-state index < -0.39 is 5.54 Å². The Morgan fingerprint density at radius 2 is 2.06 bits per heavy atom. The monoisotopic (exact) mass is 241 g/mol. The quantitative estimate of drug-likeness (QED) is 0.594. The van der Waals surface area contributed by atoms with Crippen LogP contribution in [-0.2, 0) is 9.53 Å². The predicted octanol–water partition coefficient (Wildman–Crippen LogP) is 2.89. The second kappa shape index (κ2) is 7.00. The van der Waals surface area contributed by atoms with Gasteiger partial charge in [0.15, 0.2) is 0 Å². The molecule has 2 unspecified atom stereocenters. The third-order valence-corrected chi connectivity index (χ3v) is 3.95. The second-order valence-electron chi connectivity index (χ2n) is 5.04. The third kappa shape index (κ3) is 3.70. The minimum absolute atomic E-state index is 0.0430. The molecule has 1 saturated carbocycles. The van der Waals surface area contributed by atoms with E-state index in [1.165, 1.54) is 12.8 Å². The van der Waals surface area contributed by atoms with Crippen molar-refractivity contribution in [2.75, 3.05) is 13.2 Å². The molecule has 0 aromatic heterocycles. The molecule has 0 heterocycles. The maximum Gasteiger partial charge on any atom is 0.326 e. The molecule has 0 radical (unpaired) electrons. The fourth-order valence-corrected chi connectivity index (χ4v) is 2.88. The predicted molar refractivity (Wildman–Crippen MR) is 69.9 cm³/mol. The Labute approximate surface area is 105 Å². The van der Waals surface area contributed by atoms with Crippen LogP contribution in [-0.4, -0.2) is 24.7 Å². The summed E-state index contributed by atoms with van der Waals surface area (Å²) < 4.78 is 5.26. The Balaban J connectivity index is 2.72. The molecule has 0 saturated heterocycles. The van der Waals surface area contributed by atoms with Crippen molar-refractivity contribution in [2.24, 2.45) is 5.92 Å². The molecule has 1 aliphatic rings. The minimum atomic E-state index is -0.408. The number of rotatable bonds is 5. The van der Waals surface area contributed by atoms with Crippen molar-refractivity contribution in [2.45, 2.75) is 64.8 Å². The standard InChI is InChI=1S/C14H27NO2/c1-4-12-8-7-10-14(11-9-12,15-5-2)13(16)17-6-3/h12,15H,4-11H2,1-3H3. The first-order valence-electron chi connectivity index (χ1n) is 7.10. The molecule has 1 aliphatic carbocycles. The lowest BCUT2D eigenvalue weighted by atomic mass is 9.89. The van der Waals surface area contributed by atoms with Gasteiger partial charge in [0.25, 0.3) is 0 Å². The molecule has 1 fully saturated rings. The fraction of sp³-hybridized carbons (Fsp3) is 0.929. The molecule has 0 aliphatic heterocycles. The molecule has 0 spiro atoms. The van der Waals surface area contributed by atoms with Gasteiger partial charge in [-0.05, 0) is 38.6 Å². The van der Waals surface area contributed by atoms with Crippen molar-refractivity contribution in [3.05, 3.63) is 0 Å². The maximum atomic E-state index is 12.2. The van der Waals surface area contributed by atoms with Crippen molar-refractivity contribution < 1.29 is 9.53 Å². The van der Waals surface area contributed by atoms with E-state index in [9.17, 15) is 4.79 Å². The van der Waals surface area contributed by atoms with Gasteiger partial charge in [-0.2, -0.15) is 0 Å². The van der Waals surface area contributed by atoms with Gasteiger partial charge in [-0.3, -0.25) is 4.79 Å². The number of carbonyl (C=O) groups excluding carboxylic acids is 1. The number of esters is 1.